The van der Waals surface area contributed by atoms with Gasteiger partial charge in [-0.3, -0.25) is 0 Å². The molecule has 0 bridgehead atoms. The molecule has 506 valence electrons. The van der Waals surface area contributed by atoms with Crippen LogP contribution in [0.4, 0.5) is 34.1 Å². The summed E-state index contributed by atoms with van der Waals surface area (Å²) in [4.78, 5) is 5.23. The standard InChI is InChI=1S/C100H73BN6/c1-99(2,3)73-35-25-33-66(53-73)83-55-68(77-37-15-13-31-69(77)62-102)47-52-92(83)106-93-60-75(104-88-43-21-17-39-79(88)80-40-18-22-44-89(80)104)48-50-86(93)101-87-51-49-76(105-90-45-23-19-41-81(90)82-42-20-24-46-91(82)105)61-94(87)107(96-59-71(58-95(106)97(96)101)64-27-9-7-10-28-64)98-84(65-29-11-8-12-30-65)56-72(78-38-16-14-32-70(78)63-103)57-85(98)67-34-26-36-74(54-67)100(4,5)6/h7-61H,1-6H3. The van der Waals surface area contributed by atoms with Crippen LogP contribution in [0.2, 0.25) is 0 Å². The summed E-state index contributed by atoms with van der Waals surface area (Å²) in [5.74, 6) is 0. The average molecular weight is 1370 g/mol. The Morgan fingerprint density at radius 3 is 1.16 bits per heavy atom. The van der Waals surface area contributed by atoms with Crippen molar-refractivity contribution in [2.75, 3.05) is 9.80 Å². The van der Waals surface area contributed by atoms with Gasteiger partial charge in [-0.05, 0) is 185 Å². The molecule has 0 unspecified atom stereocenters. The first-order valence-electron chi connectivity index (χ1n) is 36.9. The van der Waals surface area contributed by atoms with Gasteiger partial charge in [0.05, 0.1) is 56.7 Å². The molecule has 7 heteroatoms. The summed E-state index contributed by atoms with van der Waals surface area (Å²) >= 11 is 0. The van der Waals surface area contributed by atoms with Crippen molar-refractivity contribution in [2.45, 2.75) is 52.4 Å². The minimum atomic E-state index is -0.328. The van der Waals surface area contributed by atoms with E-state index in [0.717, 1.165) is 151 Å². The molecule has 2 aliphatic rings. The minimum Gasteiger partial charge on any atom is -0.311 e. The van der Waals surface area contributed by atoms with Crippen LogP contribution in [0.25, 0.3) is 122 Å². The van der Waals surface area contributed by atoms with E-state index in [2.05, 4.69) is 370 Å². The van der Waals surface area contributed by atoms with E-state index >= 15 is 0 Å². The predicted octanol–water partition coefficient (Wildman–Crippen LogP) is 24.3. The molecule has 0 atom stereocenters. The summed E-state index contributed by atoms with van der Waals surface area (Å²) < 4.78 is 4.91. The second-order valence-electron chi connectivity index (χ2n) is 30.6. The van der Waals surface area contributed by atoms with Gasteiger partial charge in [0.2, 0.25) is 0 Å². The van der Waals surface area contributed by atoms with Crippen LogP contribution in [0, 0.1) is 22.7 Å². The molecule has 0 fully saturated rings. The first-order chi connectivity index (χ1) is 52.3. The first-order valence-corrected chi connectivity index (χ1v) is 36.9. The minimum absolute atomic E-state index is 0.173. The van der Waals surface area contributed by atoms with Gasteiger partial charge in [-0.1, -0.05) is 278 Å². The zero-order valence-electron chi connectivity index (χ0n) is 60.5. The van der Waals surface area contributed by atoms with Gasteiger partial charge in [0, 0.05) is 72.4 Å². The second-order valence-corrected chi connectivity index (χ2v) is 30.6. The molecule has 0 radical (unpaired) electrons. The zero-order chi connectivity index (χ0) is 72.4. The smallest absolute Gasteiger partial charge is 0.252 e. The molecule has 0 spiro atoms. The summed E-state index contributed by atoms with van der Waals surface area (Å²) in [5, 5.41) is 26.7. The monoisotopic (exact) mass is 1370 g/mol. The lowest BCUT2D eigenvalue weighted by molar-refractivity contribution is 0.590. The van der Waals surface area contributed by atoms with E-state index in [-0.39, 0.29) is 17.5 Å². The molecule has 2 aromatic heterocycles. The lowest BCUT2D eigenvalue weighted by atomic mass is 9.33. The maximum atomic E-state index is 11.0. The van der Waals surface area contributed by atoms with Crippen molar-refractivity contribution in [3.63, 3.8) is 0 Å². The van der Waals surface area contributed by atoms with Crippen LogP contribution < -0.4 is 26.2 Å². The van der Waals surface area contributed by atoms with Crippen LogP contribution in [0.15, 0.2) is 334 Å². The van der Waals surface area contributed by atoms with Crippen molar-refractivity contribution in [3.8, 4) is 90.3 Å². The van der Waals surface area contributed by atoms with Gasteiger partial charge in [-0.2, -0.15) is 10.5 Å². The Morgan fingerprint density at radius 1 is 0.271 bits per heavy atom. The molecule has 0 amide bonds. The van der Waals surface area contributed by atoms with Crippen molar-refractivity contribution >= 4 is 101 Å². The van der Waals surface area contributed by atoms with Gasteiger partial charge in [-0.25, -0.2) is 0 Å². The summed E-state index contributed by atoms with van der Waals surface area (Å²) in [5.41, 5.74) is 31.4. The van der Waals surface area contributed by atoms with Crippen molar-refractivity contribution in [1.29, 1.82) is 10.5 Å². The predicted molar refractivity (Wildman–Crippen MR) is 449 cm³/mol. The number of nitrogens with zero attached hydrogens (tertiary/aromatic N) is 6. The number of hydrogen-bond donors (Lipinski definition) is 0. The van der Waals surface area contributed by atoms with E-state index in [1.165, 1.54) is 32.7 Å². The molecule has 4 heterocycles. The lowest BCUT2D eigenvalue weighted by Gasteiger charge is -2.46. The van der Waals surface area contributed by atoms with Crippen LogP contribution >= 0.6 is 0 Å². The van der Waals surface area contributed by atoms with Crippen molar-refractivity contribution in [1.82, 2.24) is 9.13 Å². The van der Waals surface area contributed by atoms with E-state index in [0.29, 0.717) is 11.1 Å². The van der Waals surface area contributed by atoms with Crippen LogP contribution in [-0.4, -0.2) is 15.8 Å². The molecule has 0 saturated carbocycles. The van der Waals surface area contributed by atoms with Crippen molar-refractivity contribution < 1.29 is 0 Å². The molecule has 19 rings (SSSR count). The molecule has 0 N–H and O–H groups in total. The molecule has 15 aromatic carbocycles. The number of anilines is 6. The Hall–Kier alpha value is -13.5. The number of benzene rings is 15. The number of aromatic nitrogens is 2. The third-order valence-electron chi connectivity index (χ3n) is 22.3. The highest BCUT2D eigenvalue weighted by molar-refractivity contribution is 7.00. The largest absolute Gasteiger partial charge is 0.311 e. The van der Waals surface area contributed by atoms with Gasteiger partial charge in [0.25, 0.3) is 6.71 Å². The van der Waals surface area contributed by atoms with E-state index < -0.39 is 0 Å². The lowest BCUT2D eigenvalue weighted by Crippen LogP contribution is -2.61. The summed E-state index contributed by atoms with van der Waals surface area (Å²) in [6, 6.07) is 128. The van der Waals surface area contributed by atoms with E-state index in [9.17, 15) is 10.5 Å². The normalized spacial score (nSPS) is 12.5. The average Bonchev–Trinajstić information content (AvgIpc) is 0.999. The Kier molecular flexibility index (Phi) is 15.1. The number of fused-ring (bicyclic) bond motifs is 10. The van der Waals surface area contributed by atoms with Crippen LogP contribution in [-0.2, 0) is 10.8 Å². The molecule has 2 aliphatic heterocycles. The van der Waals surface area contributed by atoms with Gasteiger partial charge in [0.1, 0.15) is 0 Å². The Labute approximate surface area is 624 Å². The maximum Gasteiger partial charge on any atom is 0.252 e. The SMILES string of the molecule is CC(C)(C)c1cccc(-c2cc(-c3ccccc3C#N)ccc2N2c3cc(-n4c5ccccc5c5ccccc54)ccc3B3c4ccc(-n5c6ccccc6c6ccccc65)cc4N(c4c(-c5ccccc5)cc(-c5ccccc5C#N)cc4-c4cccc(C(C)(C)C)c4)c4cc(-c5ccccc5)cc2c43)c1. The van der Waals surface area contributed by atoms with Gasteiger partial charge < -0.3 is 18.9 Å². The number of nitriles is 2. The molecule has 6 nitrogen and oxygen atoms in total. The van der Waals surface area contributed by atoms with Crippen LogP contribution in [0.3, 0.4) is 0 Å². The Balaban J connectivity index is 0.999. The highest BCUT2D eigenvalue weighted by Gasteiger charge is 2.46. The number of hydrogen-bond acceptors (Lipinski definition) is 4. The molecule has 107 heavy (non-hydrogen) atoms. The Bertz CT molecular complexity index is 6480. The fourth-order valence-corrected chi connectivity index (χ4v) is 17.1. The first kappa shape index (κ1) is 64.4. The van der Waals surface area contributed by atoms with Gasteiger partial charge in [-0.15, -0.1) is 0 Å². The topological polar surface area (TPSA) is 63.9 Å². The van der Waals surface area contributed by atoms with Crippen molar-refractivity contribution in [3.05, 3.63) is 356 Å². The quantitative estimate of drug-likeness (QED) is 0.128. The highest BCUT2D eigenvalue weighted by atomic mass is 15.2. The fourth-order valence-electron chi connectivity index (χ4n) is 17.1. The molecule has 17 aromatic rings. The third kappa shape index (κ3) is 10.6. The summed E-state index contributed by atoms with van der Waals surface area (Å²) in [6.07, 6.45) is 0. The maximum absolute atomic E-state index is 11.0. The molecule has 0 saturated heterocycles. The van der Waals surface area contributed by atoms with Gasteiger partial charge in [0.15, 0.2) is 0 Å². The van der Waals surface area contributed by atoms with Crippen LogP contribution in [0.1, 0.15) is 63.8 Å². The third-order valence-corrected chi connectivity index (χ3v) is 22.3. The van der Waals surface area contributed by atoms with E-state index in [1.807, 2.05) is 36.4 Å². The number of para-hydroxylation sites is 4. The number of rotatable bonds is 10. The van der Waals surface area contributed by atoms with Gasteiger partial charge >= 0.3 is 0 Å². The van der Waals surface area contributed by atoms with E-state index in [1.54, 1.807) is 0 Å². The van der Waals surface area contributed by atoms with Crippen molar-refractivity contribution in [2.24, 2.45) is 0 Å². The zero-order valence-corrected chi connectivity index (χ0v) is 60.5. The highest BCUT2D eigenvalue weighted by Crippen LogP contribution is 2.55. The Morgan fingerprint density at radius 2 is 0.664 bits per heavy atom. The molecular weight excluding hydrogens is 1300 g/mol. The molecular formula is C100H73BN6. The second kappa shape index (κ2) is 25.2. The summed E-state index contributed by atoms with van der Waals surface area (Å²) in [7, 11) is 0. The van der Waals surface area contributed by atoms with E-state index in [4.69, 9.17) is 0 Å². The van der Waals surface area contributed by atoms with Crippen LogP contribution in [0.5, 0.6) is 0 Å². The fraction of sp³-hybridized carbons (Fsp3) is 0.0800. The summed E-state index contributed by atoms with van der Waals surface area (Å²) in [6.45, 7) is 13.4. The molecule has 0 aliphatic carbocycles.